The topological polar surface area (TPSA) is 144 Å². The summed E-state index contributed by atoms with van der Waals surface area (Å²) < 4.78 is 39.6. The summed E-state index contributed by atoms with van der Waals surface area (Å²) in [5.74, 6) is -0.230. The zero-order valence-corrected chi connectivity index (χ0v) is 17.2. The number of aromatic nitrogens is 1. The number of fused-ring (bicyclic) bond motifs is 1. The van der Waals surface area contributed by atoms with Crippen LogP contribution in [0, 0.1) is 19.7 Å². The fourth-order valence-electron chi connectivity index (χ4n) is 3.28. The van der Waals surface area contributed by atoms with Gasteiger partial charge in [0.2, 0.25) is 5.96 Å². The Hall–Kier alpha value is -2.85. The molecule has 1 aromatic carbocycles. The minimum absolute atomic E-state index is 0.0883. The Morgan fingerprint density at radius 1 is 1.21 bits per heavy atom. The molecule has 0 aliphatic heterocycles. The van der Waals surface area contributed by atoms with E-state index in [9.17, 15) is 12.8 Å². The molecule has 0 fully saturated rings. The van der Waals surface area contributed by atoms with Gasteiger partial charge >= 0.3 is 0 Å². The highest BCUT2D eigenvalue weighted by molar-refractivity contribution is 7.85. The number of aryl methyl sites for hydroxylation is 2. The smallest absolute Gasteiger partial charge is 0.261 e. The van der Waals surface area contributed by atoms with E-state index in [0.29, 0.717) is 12.7 Å². The Labute approximate surface area is 169 Å². The molecule has 0 spiro atoms. The summed E-state index contributed by atoms with van der Waals surface area (Å²) in [6.07, 6.45) is 3.88. The van der Waals surface area contributed by atoms with Crippen molar-refractivity contribution in [2.24, 2.45) is 21.7 Å². The highest BCUT2D eigenvalue weighted by atomic mass is 32.2. The Kier molecular flexibility index (Phi) is 7.04. The van der Waals surface area contributed by atoms with E-state index in [4.69, 9.17) is 16.0 Å². The number of nitrogens with zero attached hydrogens (tertiary/aromatic N) is 3. The minimum atomic E-state index is -3.67. The molecule has 29 heavy (non-hydrogen) atoms. The first-order chi connectivity index (χ1) is 13.5. The summed E-state index contributed by atoms with van der Waals surface area (Å²) in [6, 6.07) is 6.82. The Morgan fingerprint density at radius 3 is 2.48 bits per heavy atom. The van der Waals surface area contributed by atoms with E-state index in [2.05, 4.69) is 15.2 Å². The number of hydrogen-bond donors (Lipinski definition) is 3. The Bertz CT molecular complexity index is 1060. The van der Waals surface area contributed by atoms with Crippen LogP contribution in [0.3, 0.4) is 0 Å². The van der Waals surface area contributed by atoms with Crippen molar-refractivity contribution >= 4 is 21.8 Å². The van der Waals surface area contributed by atoms with Crippen LogP contribution in [0.15, 0.2) is 40.7 Å². The number of guanidine groups is 1. The SMILES string of the molecule is CS(=O)(=O)O.Cc1ccc(F)cc1[C@@H]1C/C(=N\N=C(N)N)c2c(C)ccnc2C1. The molecular formula is C19H24FN5O3S. The maximum Gasteiger partial charge on any atom is 0.261 e. The van der Waals surface area contributed by atoms with E-state index in [1.165, 1.54) is 6.07 Å². The number of nitrogens with two attached hydrogens (primary N) is 2. The van der Waals surface area contributed by atoms with Gasteiger partial charge in [-0.2, -0.15) is 13.5 Å². The molecule has 0 radical (unpaired) electrons. The number of halogens is 1. The van der Waals surface area contributed by atoms with Crippen LogP contribution in [0.2, 0.25) is 0 Å². The number of benzene rings is 1. The van der Waals surface area contributed by atoms with Crippen LogP contribution in [-0.2, 0) is 16.5 Å². The highest BCUT2D eigenvalue weighted by Gasteiger charge is 2.28. The van der Waals surface area contributed by atoms with E-state index in [1.807, 2.05) is 19.9 Å². The third-order valence-corrected chi connectivity index (χ3v) is 4.37. The van der Waals surface area contributed by atoms with Gasteiger partial charge in [-0.05, 0) is 67.5 Å². The summed E-state index contributed by atoms with van der Waals surface area (Å²) in [6.45, 7) is 4.00. The van der Waals surface area contributed by atoms with Crippen LogP contribution < -0.4 is 11.5 Å². The van der Waals surface area contributed by atoms with Crippen LogP contribution in [-0.4, -0.2) is 35.9 Å². The maximum atomic E-state index is 13.7. The summed E-state index contributed by atoms with van der Waals surface area (Å²) in [4.78, 5) is 4.50. The van der Waals surface area contributed by atoms with Crippen LogP contribution in [0.4, 0.5) is 4.39 Å². The summed E-state index contributed by atoms with van der Waals surface area (Å²) in [5.41, 5.74) is 16.7. The molecule has 0 saturated heterocycles. The van der Waals surface area contributed by atoms with Crippen molar-refractivity contribution in [2.45, 2.75) is 32.6 Å². The van der Waals surface area contributed by atoms with Gasteiger partial charge in [-0.3, -0.25) is 9.54 Å². The molecule has 5 N–H and O–H groups in total. The summed E-state index contributed by atoms with van der Waals surface area (Å²) >= 11 is 0. The van der Waals surface area contributed by atoms with Gasteiger partial charge in [0, 0.05) is 11.8 Å². The second kappa shape index (κ2) is 9.10. The molecular weight excluding hydrogens is 397 g/mol. The van der Waals surface area contributed by atoms with Crippen molar-refractivity contribution in [3.8, 4) is 0 Å². The van der Waals surface area contributed by atoms with Crippen molar-refractivity contribution in [1.82, 2.24) is 4.98 Å². The summed E-state index contributed by atoms with van der Waals surface area (Å²) in [7, 11) is -3.67. The number of rotatable bonds is 2. The summed E-state index contributed by atoms with van der Waals surface area (Å²) in [5, 5.41) is 8.05. The van der Waals surface area contributed by atoms with Crippen molar-refractivity contribution in [1.29, 1.82) is 0 Å². The lowest BCUT2D eigenvalue weighted by Crippen LogP contribution is -2.24. The standard InChI is InChI=1S/C18H20FN5.CH4O3S/c1-10-3-4-13(19)9-14(10)12-7-15-17(11(2)5-6-22-15)16(8-12)23-24-18(20)21;1-5(2,3)4/h3-6,9,12H,7-8H2,1-2H3,(H4,20,21,24);1H3,(H,2,3,4)/b23-16+;/t12-;/m0./s1. The Balaban J connectivity index is 0.000000537. The molecule has 156 valence electrons. The van der Waals surface area contributed by atoms with E-state index >= 15 is 0 Å². The zero-order valence-electron chi connectivity index (χ0n) is 16.4. The van der Waals surface area contributed by atoms with E-state index < -0.39 is 10.1 Å². The first-order valence-corrected chi connectivity index (χ1v) is 10.6. The lowest BCUT2D eigenvalue weighted by atomic mass is 9.79. The van der Waals surface area contributed by atoms with Crippen LogP contribution in [0.5, 0.6) is 0 Å². The second-order valence-corrected chi connectivity index (χ2v) is 8.33. The van der Waals surface area contributed by atoms with Gasteiger partial charge in [0.15, 0.2) is 0 Å². The molecule has 10 heteroatoms. The molecule has 3 rings (SSSR count). The zero-order chi connectivity index (χ0) is 21.8. The monoisotopic (exact) mass is 421 g/mol. The average molecular weight is 421 g/mol. The van der Waals surface area contributed by atoms with Gasteiger partial charge in [0.1, 0.15) is 5.82 Å². The van der Waals surface area contributed by atoms with Gasteiger partial charge in [0.25, 0.3) is 10.1 Å². The maximum absolute atomic E-state index is 13.7. The van der Waals surface area contributed by atoms with Crippen LogP contribution in [0.1, 0.15) is 40.3 Å². The van der Waals surface area contributed by atoms with Crippen molar-refractivity contribution in [3.05, 3.63) is 64.2 Å². The van der Waals surface area contributed by atoms with Gasteiger partial charge in [-0.1, -0.05) is 6.07 Å². The fraction of sp³-hybridized carbons (Fsp3) is 0.316. The third-order valence-electron chi connectivity index (χ3n) is 4.37. The van der Waals surface area contributed by atoms with Crippen molar-refractivity contribution < 1.29 is 17.4 Å². The van der Waals surface area contributed by atoms with E-state index in [1.54, 1.807) is 18.3 Å². The van der Waals surface area contributed by atoms with Crippen LogP contribution in [0.25, 0.3) is 0 Å². The number of pyridine rings is 1. The molecule has 8 nitrogen and oxygen atoms in total. The largest absolute Gasteiger partial charge is 0.369 e. The normalized spacial score (nSPS) is 17.1. The second-order valence-electron chi connectivity index (χ2n) is 6.86. The molecule has 0 unspecified atom stereocenters. The first-order valence-electron chi connectivity index (χ1n) is 8.74. The van der Waals surface area contributed by atoms with E-state index in [-0.39, 0.29) is 17.7 Å². The van der Waals surface area contributed by atoms with Crippen molar-refractivity contribution in [3.63, 3.8) is 0 Å². The molecule has 1 aliphatic rings. The van der Waals surface area contributed by atoms with E-state index in [0.717, 1.165) is 40.1 Å². The molecule has 1 heterocycles. The number of hydrogen-bond acceptors (Lipinski definition) is 5. The molecule has 0 saturated carbocycles. The lowest BCUT2D eigenvalue weighted by Gasteiger charge is -2.27. The highest BCUT2D eigenvalue weighted by Crippen LogP contribution is 2.35. The third kappa shape index (κ3) is 6.61. The lowest BCUT2D eigenvalue weighted by molar-refractivity contribution is 0.490. The van der Waals surface area contributed by atoms with Crippen molar-refractivity contribution in [2.75, 3.05) is 6.26 Å². The molecule has 0 amide bonds. The average Bonchev–Trinajstić information content (AvgIpc) is 2.60. The molecule has 2 aromatic rings. The first kappa shape index (κ1) is 22.4. The molecule has 1 aliphatic carbocycles. The molecule has 1 atom stereocenters. The van der Waals surface area contributed by atoms with Gasteiger partial charge in [-0.15, -0.1) is 5.10 Å². The fourth-order valence-corrected chi connectivity index (χ4v) is 3.28. The minimum Gasteiger partial charge on any atom is -0.369 e. The quantitative estimate of drug-likeness (QED) is 0.293. The molecule has 1 aromatic heterocycles. The van der Waals surface area contributed by atoms with Gasteiger partial charge in [-0.25, -0.2) is 4.39 Å². The molecule has 0 bridgehead atoms. The Morgan fingerprint density at radius 2 is 1.86 bits per heavy atom. The predicted octanol–water partition coefficient (Wildman–Crippen LogP) is 2.05. The van der Waals surface area contributed by atoms with Gasteiger partial charge < -0.3 is 11.5 Å². The predicted molar refractivity (Wildman–Crippen MR) is 111 cm³/mol. The van der Waals surface area contributed by atoms with Crippen LogP contribution >= 0.6 is 0 Å². The van der Waals surface area contributed by atoms with Gasteiger partial charge in [0.05, 0.1) is 17.7 Å².